The van der Waals surface area contributed by atoms with E-state index < -0.39 is 0 Å². The Labute approximate surface area is 205 Å². The molecule has 3 aromatic rings. The number of thiocarbonyl (C=S) groups is 1. The molecular formula is C28H30N4OS. The Morgan fingerprint density at radius 3 is 2.26 bits per heavy atom. The molecule has 0 aliphatic heterocycles. The van der Waals surface area contributed by atoms with Gasteiger partial charge in [0.15, 0.2) is 5.11 Å². The summed E-state index contributed by atoms with van der Waals surface area (Å²) in [5.41, 5.74) is 10.4. The lowest BCUT2D eigenvalue weighted by atomic mass is 9.48. The third-order valence-corrected chi connectivity index (χ3v) is 8.36. The summed E-state index contributed by atoms with van der Waals surface area (Å²) in [6, 6.07) is 18.3. The number of hydrogen-bond donors (Lipinski definition) is 3. The van der Waals surface area contributed by atoms with Crippen LogP contribution in [0.25, 0.3) is 10.9 Å². The predicted molar refractivity (Wildman–Crippen MR) is 140 cm³/mol. The second-order valence-electron chi connectivity index (χ2n) is 10.7. The molecule has 1 aromatic heterocycles. The van der Waals surface area contributed by atoms with E-state index >= 15 is 0 Å². The Bertz CT molecular complexity index is 1230. The van der Waals surface area contributed by atoms with Gasteiger partial charge in [0.1, 0.15) is 5.69 Å². The van der Waals surface area contributed by atoms with Crippen molar-refractivity contribution >= 4 is 39.8 Å². The second kappa shape index (κ2) is 8.35. The molecule has 0 atom stereocenters. The highest BCUT2D eigenvalue weighted by Gasteiger charge is 2.52. The molecular weight excluding hydrogens is 440 g/mol. The van der Waals surface area contributed by atoms with Crippen molar-refractivity contribution in [1.82, 2.24) is 15.8 Å². The van der Waals surface area contributed by atoms with Gasteiger partial charge in [0, 0.05) is 11.1 Å². The highest BCUT2D eigenvalue weighted by Crippen LogP contribution is 2.61. The van der Waals surface area contributed by atoms with E-state index in [1.807, 2.05) is 43.3 Å². The number of amides is 1. The Kier molecular flexibility index (Phi) is 5.29. The molecule has 0 unspecified atom stereocenters. The number of nitrogens with zero attached hydrogens (tertiary/aromatic N) is 1. The number of aryl methyl sites for hydroxylation is 1. The molecule has 4 fully saturated rings. The van der Waals surface area contributed by atoms with Gasteiger partial charge in [-0.25, -0.2) is 4.98 Å². The molecule has 4 aliphatic rings. The minimum atomic E-state index is -0.273. The average molecular weight is 471 g/mol. The maximum atomic E-state index is 13.1. The van der Waals surface area contributed by atoms with Crippen molar-refractivity contribution in [2.24, 2.45) is 17.8 Å². The minimum Gasteiger partial charge on any atom is -0.331 e. The third kappa shape index (κ3) is 3.94. The number of carbonyl (C=O) groups excluding carboxylic acids is 1. The second-order valence-corrected chi connectivity index (χ2v) is 11.1. The number of benzene rings is 2. The van der Waals surface area contributed by atoms with Crippen molar-refractivity contribution in [3.8, 4) is 0 Å². The molecule has 1 amide bonds. The first-order valence-electron chi connectivity index (χ1n) is 12.3. The molecule has 174 valence electrons. The van der Waals surface area contributed by atoms with Crippen LogP contribution in [0.4, 0.5) is 5.69 Å². The molecule has 34 heavy (non-hydrogen) atoms. The van der Waals surface area contributed by atoms with Crippen molar-refractivity contribution in [2.75, 3.05) is 5.32 Å². The molecule has 0 saturated heterocycles. The highest BCUT2D eigenvalue weighted by molar-refractivity contribution is 7.80. The highest BCUT2D eigenvalue weighted by atomic mass is 32.1. The van der Waals surface area contributed by atoms with Crippen LogP contribution in [-0.4, -0.2) is 16.0 Å². The van der Waals surface area contributed by atoms with Crippen LogP contribution >= 0.6 is 12.2 Å². The van der Waals surface area contributed by atoms with Crippen LogP contribution in [0.1, 0.15) is 60.1 Å². The molecule has 2 aromatic carbocycles. The maximum Gasteiger partial charge on any atom is 0.288 e. The van der Waals surface area contributed by atoms with E-state index in [0.29, 0.717) is 10.8 Å². The van der Waals surface area contributed by atoms with Gasteiger partial charge in [-0.15, -0.1) is 0 Å². The SMILES string of the molecule is Cc1ccc(NC(=S)NNC(=O)c2cc(C34CC5CC(CC(C5)C3)C4)c3ccccc3n2)cc1. The average Bonchev–Trinajstić information content (AvgIpc) is 2.82. The Morgan fingerprint density at radius 2 is 1.59 bits per heavy atom. The van der Waals surface area contributed by atoms with Crippen LogP contribution in [0.5, 0.6) is 0 Å². The fourth-order valence-electron chi connectivity index (χ4n) is 7.15. The number of para-hydroxylation sites is 1. The van der Waals surface area contributed by atoms with Crippen LogP contribution in [0.2, 0.25) is 0 Å². The lowest BCUT2D eigenvalue weighted by Gasteiger charge is -2.57. The summed E-state index contributed by atoms with van der Waals surface area (Å²) < 4.78 is 0. The van der Waals surface area contributed by atoms with Crippen molar-refractivity contribution in [1.29, 1.82) is 0 Å². The summed E-state index contributed by atoms with van der Waals surface area (Å²) in [6.07, 6.45) is 7.92. The first-order valence-corrected chi connectivity index (χ1v) is 12.7. The van der Waals surface area contributed by atoms with E-state index in [1.54, 1.807) is 0 Å². The summed E-state index contributed by atoms with van der Waals surface area (Å²) >= 11 is 5.36. The van der Waals surface area contributed by atoms with Crippen LogP contribution in [0, 0.1) is 24.7 Å². The third-order valence-electron chi connectivity index (χ3n) is 8.16. The van der Waals surface area contributed by atoms with Crippen LogP contribution in [-0.2, 0) is 5.41 Å². The zero-order valence-electron chi connectivity index (χ0n) is 19.4. The predicted octanol–water partition coefficient (Wildman–Crippen LogP) is 5.64. The van der Waals surface area contributed by atoms with Gasteiger partial charge in [-0.3, -0.25) is 15.6 Å². The Morgan fingerprint density at radius 1 is 0.941 bits per heavy atom. The van der Waals surface area contributed by atoms with Crippen molar-refractivity contribution in [3.63, 3.8) is 0 Å². The van der Waals surface area contributed by atoms with Gasteiger partial charge in [-0.2, -0.15) is 0 Å². The van der Waals surface area contributed by atoms with Crippen molar-refractivity contribution < 1.29 is 4.79 Å². The molecule has 6 heteroatoms. The number of hydrazine groups is 1. The first kappa shape index (κ1) is 21.5. The molecule has 5 nitrogen and oxygen atoms in total. The normalized spacial score (nSPS) is 26.9. The topological polar surface area (TPSA) is 66.0 Å². The maximum absolute atomic E-state index is 13.1. The van der Waals surface area contributed by atoms with Crippen LogP contribution < -0.4 is 16.2 Å². The van der Waals surface area contributed by atoms with E-state index in [4.69, 9.17) is 17.2 Å². The minimum absolute atomic E-state index is 0.183. The van der Waals surface area contributed by atoms with Crippen LogP contribution in [0.3, 0.4) is 0 Å². The fraction of sp³-hybridized carbons (Fsp3) is 0.393. The summed E-state index contributed by atoms with van der Waals surface area (Å²) in [5, 5.41) is 4.62. The molecule has 4 bridgehead atoms. The Balaban J connectivity index is 1.25. The van der Waals surface area contributed by atoms with E-state index in [1.165, 1.54) is 55.0 Å². The first-order chi connectivity index (χ1) is 16.5. The van der Waals surface area contributed by atoms with E-state index in [9.17, 15) is 4.79 Å². The van der Waals surface area contributed by atoms with Gasteiger partial charge < -0.3 is 5.32 Å². The number of fused-ring (bicyclic) bond motifs is 1. The number of carbonyl (C=O) groups is 1. The summed E-state index contributed by atoms with van der Waals surface area (Å²) in [6.45, 7) is 2.04. The largest absolute Gasteiger partial charge is 0.331 e. The number of aromatic nitrogens is 1. The molecule has 3 N–H and O–H groups in total. The summed E-state index contributed by atoms with van der Waals surface area (Å²) in [5.74, 6) is 2.23. The Hall–Kier alpha value is -2.99. The van der Waals surface area contributed by atoms with Crippen molar-refractivity contribution in [3.05, 3.63) is 71.4 Å². The number of rotatable bonds is 3. The van der Waals surface area contributed by atoms with Gasteiger partial charge in [0.25, 0.3) is 5.91 Å². The van der Waals surface area contributed by atoms with Crippen molar-refractivity contribution in [2.45, 2.75) is 50.9 Å². The number of anilines is 1. The smallest absolute Gasteiger partial charge is 0.288 e. The van der Waals surface area contributed by atoms with Gasteiger partial charge >= 0.3 is 0 Å². The molecule has 4 aliphatic carbocycles. The van der Waals surface area contributed by atoms with E-state index in [0.717, 1.165) is 29.0 Å². The van der Waals surface area contributed by atoms with Crippen LogP contribution in [0.15, 0.2) is 54.6 Å². The summed E-state index contributed by atoms with van der Waals surface area (Å²) in [4.78, 5) is 17.9. The molecule has 4 saturated carbocycles. The standard InChI is InChI=1S/C28H30N4OS/c1-17-6-8-21(9-7-17)29-27(34)32-31-26(33)25-13-23(22-4-2-3-5-24(22)30-25)28-14-18-10-19(15-28)12-20(11-18)16-28/h2-9,13,18-20H,10-12,14-16H2,1H3,(H,31,33)(H2,29,32,34). The number of pyridine rings is 1. The van der Waals surface area contributed by atoms with E-state index in [2.05, 4.69) is 34.4 Å². The van der Waals surface area contributed by atoms with Gasteiger partial charge in [-0.05, 0) is 111 Å². The molecule has 1 heterocycles. The quantitative estimate of drug-likeness (QED) is 0.341. The molecule has 0 spiro atoms. The monoisotopic (exact) mass is 470 g/mol. The zero-order valence-corrected chi connectivity index (χ0v) is 20.3. The fourth-order valence-corrected chi connectivity index (χ4v) is 7.32. The summed E-state index contributed by atoms with van der Waals surface area (Å²) in [7, 11) is 0. The van der Waals surface area contributed by atoms with Gasteiger partial charge in [0.2, 0.25) is 0 Å². The lowest BCUT2D eigenvalue weighted by Crippen LogP contribution is -2.49. The zero-order chi connectivity index (χ0) is 23.3. The lowest BCUT2D eigenvalue weighted by molar-refractivity contribution is -0.00454. The van der Waals surface area contributed by atoms with E-state index in [-0.39, 0.29) is 11.3 Å². The molecule has 0 radical (unpaired) electrons. The van der Waals surface area contributed by atoms with Gasteiger partial charge in [0.05, 0.1) is 5.52 Å². The number of hydrogen-bond acceptors (Lipinski definition) is 3. The molecule has 7 rings (SSSR count). The van der Waals surface area contributed by atoms with Gasteiger partial charge in [-0.1, -0.05) is 35.9 Å². The number of nitrogens with one attached hydrogen (secondary N) is 3.